The fourth-order valence-corrected chi connectivity index (χ4v) is 4.17. The van der Waals surface area contributed by atoms with Crippen molar-refractivity contribution in [3.05, 3.63) is 58.7 Å². The highest BCUT2D eigenvalue weighted by atomic mass is 32.2. The quantitative estimate of drug-likeness (QED) is 0.428. The number of halogens is 7. The minimum Gasteiger partial charge on any atom is -0.254 e. The lowest BCUT2D eigenvalue weighted by atomic mass is 10.3. The average molecular weight is 414 g/mol. The number of hydrogen-bond acceptors (Lipinski definition) is 3. The Morgan fingerprint density at radius 1 is 0.926 bits per heavy atom. The van der Waals surface area contributed by atoms with E-state index in [2.05, 4.69) is 4.98 Å². The zero-order valence-electron chi connectivity index (χ0n) is 13.1. The van der Waals surface area contributed by atoms with E-state index in [1.54, 1.807) is 0 Å². The zero-order chi connectivity index (χ0) is 20.1. The van der Waals surface area contributed by atoms with Gasteiger partial charge in [0.2, 0.25) is 15.8 Å². The Morgan fingerprint density at radius 3 is 1.93 bits per heavy atom. The second kappa shape index (κ2) is 6.75. The van der Waals surface area contributed by atoms with Gasteiger partial charge in [0.15, 0.2) is 28.2 Å². The maximum absolute atomic E-state index is 13.9. The van der Waals surface area contributed by atoms with Crippen LogP contribution in [0.15, 0.2) is 17.2 Å². The molecule has 0 radical (unpaired) electrons. The van der Waals surface area contributed by atoms with Crippen molar-refractivity contribution in [1.29, 1.82) is 0 Å². The van der Waals surface area contributed by atoms with Crippen LogP contribution in [0.5, 0.6) is 0 Å². The molecule has 0 amide bonds. The van der Waals surface area contributed by atoms with Gasteiger partial charge in [-0.25, -0.2) is 39.2 Å². The normalized spacial score (nSPS) is 14.8. The standard InChI is InChI=1S/C15H9F7N2O2S/c16-6-3-8(17)9(23-4-6)5-24(7-1-2-7)27(25,26)15-13(21)11(19)10(18)12(20)14(15)22/h3-4,7H,1-2,5H2. The van der Waals surface area contributed by atoms with Gasteiger partial charge in [0.1, 0.15) is 11.6 Å². The first-order valence-corrected chi connectivity index (χ1v) is 8.83. The number of sulfonamides is 1. The van der Waals surface area contributed by atoms with Crippen LogP contribution in [0.4, 0.5) is 30.7 Å². The van der Waals surface area contributed by atoms with Crippen molar-refractivity contribution in [2.24, 2.45) is 0 Å². The molecular weight excluding hydrogens is 405 g/mol. The van der Waals surface area contributed by atoms with Crippen molar-refractivity contribution in [3.63, 3.8) is 0 Å². The molecule has 0 bridgehead atoms. The lowest BCUT2D eigenvalue weighted by Crippen LogP contribution is -2.35. The summed E-state index contributed by atoms with van der Waals surface area (Å²) in [6.07, 6.45) is 1.03. The maximum atomic E-state index is 13.9. The number of hydrogen-bond donors (Lipinski definition) is 0. The molecule has 1 fully saturated rings. The predicted molar refractivity (Wildman–Crippen MR) is 76.1 cm³/mol. The van der Waals surface area contributed by atoms with E-state index < -0.39 is 73.9 Å². The molecule has 3 rings (SSSR count). The van der Waals surface area contributed by atoms with Crippen LogP contribution in [0.2, 0.25) is 0 Å². The van der Waals surface area contributed by atoms with Gasteiger partial charge >= 0.3 is 0 Å². The molecule has 0 saturated heterocycles. The van der Waals surface area contributed by atoms with Crippen molar-refractivity contribution >= 4 is 10.0 Å². The van der Waals surface area contributed by atoms with E-state index in [4.69, 9.17) is 0 Å². The van der Waals surface area contributed by atoms with Crippen molar-refractivity contribution in [2.45, 2.75) is 30.3 Å². The van der Waals surface area contributed by atoms with Gasteiger partial charge in [-0.2, -0.15) is 4.31 Å². The highest BCUT2D eigenvalue weighted by molar-refractivity contribution is 7.89. The minimum atomic E-state index is -5.25. The van der Waals surface area contributed by atoms with Crippen LogP contribution in [0, 0.1) is 40.7 Å². The lowest BCUT2D eigenvalue weighted by Gasteiger charge is -2.22. The summed E-state index contributed by atoms with van der Waals surface area (Å²) in [5, 5.41) is 0. The summed E-state index contributed by atoms with van der Waals surface area (Å²) in [4.78, 5) is 1.34. The van der Waals surface area contributed by atoms with Crippen LogP contribution in [-0.4, -0.2) is 23.7 Å². The van der Waals surface area contributed by atoms with Crippen molar-refractivity contribution in [2.75, 3.05) is 0 Å². The van der Waals surface area contributed by atoms with Gasteiger partial charge in [0.05, 0.1) is 18.4 Å². The third-order valence-electron chi connectivity index (χ3n) is 3.88. The monoisotopic (exact) mass is 414 g/mol. The molecule has 0 atom stereocenters. The van der Waals surface area contributed by atoms with Crippen molar-refractivity contribution < 1.29 is 39.2 Å². The molecule has 0 spiro atoms. The molecule has 0 N–H and O–H groups in total. The van der Waals surface area contributed by atoms with Crippen LogP contribution in [0.25, 0.3) is 0 Å². The molecule has 0 aliphatic heterocycles. The molecule has 146 valence electrons. The summed E-state index contributed by atoms with van der Waals surface area (Å²) in [6, 6.07) is -0.436. The van der Waals surface area contributed by atoms with E-state index in [0.29, 0.717) is 16.6 Å². The summed E-state index contributed by atoms with van der Waals surface area (Å²) in [6.45, 7) is -0.876. The van der Waals surface area contributed by atoms with Gasteiger partial charge in [-0.1, -0.05) is 0 Å². The Morgan fingerprint density at radius 2 is 1.44 bits per heavy atom. The minimum absolute atomic E-state index is 0.220. The van der Waals surface area contributed by atoms with Gasteiger partial charge in [0.25, 0.3) is 0 Å². The Kier molecular flexibility index (Phi) is 4.89. The first kappa shape index (κ1) is 19.5. The van der Waals surface area contributed by atoms with Gasteiger partial charge < -0.3 is 0 Å². The number of rotatable bonds is 5. The molecule has 12 heteroatoms. The van der Waals surface area contributed by atoms with Crippen LogP contribution in [0.1, 0.15) is 18.5 Å². The molecule has 0 unspecified atom stereocenters. The fraction of sp³-hybridized carbons (Fsp3) is 0.267. The molecule has 1 aliphatic carbocycles. The number of benzene rings is 1. The molecule has 1 heterocycles. The summed E-state index contributed by atoms with van der Waals surface area (Å²) in [7, 11) is -5.25. The van der Waals surface area contributed by atoms with Crippen molar-refractivity contribution in [1.82, 2.24) is 9.29 Å². The Bertz CT molecular complexity index is 996. The second-order valence-electron chi connectivity index (χ2n) is 5.76. The second-order valence-corrected chi connectivity index (χ2v) is 7.59. The van der Waals surface area contributed by atoms with Gasteiger partial charge in [-0.05, 0) is 12.8 Å². The molecule has 27 heavy (non-hydrogen) atoms. The molecule has 1 aromatic heterocycles. The number of aromatic nitrogens is 1. The average Bonchev–Trinajstić information content (AvgIpc) is 3.42. The lowest BCUT2D eigenvalue weighted by molar-refractivity contribution is 0.343. The molecular formula is C15H9F7N2O2S. The SMILES string of the molecule is O=S(=O)(c1c(F)c(F)c(F)c(F)c1F)N(Cc1ncc(F)cc1F)C1CC1. The molecule has 1 aromatic carbocycles. The van der Waals surface area contributed by atoms with E-state index in [1.807, 2.05) is 0 Å². The third kappa shape index (κ3) is 3.38. The Labute approximate surface area is 148 Å². The van der Waals surface area contributed by atoms with Gasteiger partial charge in [-0.15, -0.1) is 0 Å². The highest BCUT2D eigenvalue weighted by Crippen LogP contribution is 2.36. The summed E-state index contributed by atoms with van der Waals surface area (Å²) in [5.74, 6) is -14.7. The third-order valence-corrected chi connectivity index (χ3v) is 5.80. The Hall–Kier alpha value is -2.21. The smallest absolute Gasteiger partial charge is 0.249 e. The highest BCUT2D eigenvalue weighted by Gasteiger charge is 2.43. The maximum Gasteiger partial charge on any atom is 0.249 e. The van der Waals surface area contributed by atoms with E-state index >= 15 is 0 Å². The van der Waals surface area contributed by atoms with E-state index in [9.17, 15) is 39.2 Å². The molecule has 1 saturated carbocycles. The summed E-state index contributed by atoms with van der Waals surface area (Å²) < 4.78 is 120. The van der Waals surface area contributed by atoms with Gasteiger partial charge in [0, 0.05) is 12.1 Å². The van der Waals surface area contributed by atoms with Crippen LogP contribution < -0.4 is 0 Å². The molecule has 1 aliphatic rings. The first-order chi connectivity index (χ1) is 12.6. The predicted octanol–water partition coefficient (Wildman–Crippen LogP) is 3.41. The van der Waals surface area contributed by atoms with E-state index in [1.165, 1.54) is 0 Å². The van der Waals surface area contributed by atoms with E-state index in [0.717, 1.165) is 0 Å². The van der Waals surface area contributed by atoms with Gasteiger partial charge in [-0.3, -0.25) is 4.98 Å². The molecule has 4 nitrogen and oxygen atoms in total. The number of nitrogens with zero attached hydrogens (tertiary/aromatic N) is 2. The van der Waals surface area contributed by atoms with Crippen LogP contribution in [-0.2, 0) is 16.6 Å². The topological polar surface area (TPSA) is 50.3 Å². The fourth-order valence-electron chi connectivity index (χ4n) is 2.41. The Balaban J connectivity index is 2.11. The number of pyridine rings is 1. The van der Waals surface area contributed by atoms with Crippen molar-refractivity contribution in [3.8, 4) is 0 Å². The summed E-state index contributed by atoms with van der Waals surface area (Å²) >= 11 is 0. The van der Waals surface area contributed by atoms with Crippen LogP contribution >= 0.6 is 0 Å². The van der Waals surface area contributed by atoms with Crippen LogP contribution in [0.3, 0.4) is 0 Å². The van der Waals surface area contributed by atoms with E-state index in [-0.39, 0.29) is 12.8 Å². The summed E-state index contributed by atoms with van der Waals surface area (Å²) in [5.41, 5.74) is -0.573. The largest absolute Gasteiger partial charge is 0.254 e. The molecule has 2 aromatic rings. The zero-order valence-corrected chi connectivity index (χ0v) is 13.9. The first-order valence-electron chi connectivity index (χ1n) is 7.39.